The van der Waals surface area contributed by atoms with Crippen LogP contribution < -0.4 is 21.7 Å². The minimum absolute atomic E-state index is 0.0856. The number of aromatic amines is 1. The number of amides is 3. The number of nitrogens with two attached hydrogens (primary N) is 1. The zero-order valence-electron chi connectivity index (χ0n) is 21.2. The minimum Gasteiger partial charge on any atom is -0.361 e. The molecular weight excluding hydrogens is 515 g/mol. The third-order valence-electron chi connectivity index (χ3n) is 6.19. The van der Waals surface area contributed by atoms with Crippen LogP contribution in [0.1, 0.15) is 30.0 Å². The van der Waals surface area contributed by atoms with Gasteiger partial charge in [-0.15, -0.1) is 0 Å². The molecule has 2 unspecified atom stereocenters. The first-order chi connectivity index (χ1) is 18.5. The molecule has 0 bridgehead atoms. The summed E-state index contributed by atoms with van der Waals surface area (Å²) in [6, 6.07) is 11.0. The molecule has 3 rings (SSSR count). The number of halogens is 3. The van der Waals surface area contributed by atoms with Gasteiger partial charge in [0.25, 0.3) is 5.78 Å². The second kappa shape index (κ2) is 13.1. The highest BCUT2D eigenvalue weighted by atomic mass is 19.4. The number of carbonyl (C=O) groups excluding carboxylic acids is 4. The van der Waals surface area contributed by atoms with Crippen LogP contribution in [0.3, 0.4) is 0 Å². The van der Waals surface area contributed by atoms with Crippen molar-refractivity contribution in [3.05, 3.63) is 71.4 Å². The van der Waals surface area contributed by atoms with Gasteiger partial charge < -0.3 is 26.7 Å². The number of Topliss-reactive ketones (excluding diaryl/α,β-unsaturated/α-hetero) is 1. The topological polar surface area (TPSA) is 146 Å². The Morgan fingerprint density at radius 1 is 0.872 bits per heavy atom. The first kappa shape index (κ1) is 29.4. The van der Waals surface area contributed by atoms with Crippen LogP contribution >= 0.6 is 0 Å². The van der Waals surface area contributed by atoms with E-state index in [4.69, 9.17) is 5.73 Å². The maximum absolute atomic E-state index is 13.3. The summed E-state index contributed by atoms with van der Waals surface area (Å²) in [6.07, 6.45) is -3.91. The number of alkyl halides is 3. The molecule has 0 saturated heterocycles. The molecule has 0 spiro atoms. The number of fused-ring (bicyclic) bond motifs is 1. The van der Waals surface area contributed by atoms with Gasteiger partial charge in [-0.1, -0.05) is 49.4 Å². The Morgan fingerprint density at radius 3 is 2.15 bits per heavy atom. The molecule has 0 saturated carbocycles. The highest BCUT2D eigenvalue weighted by molar-refractivity contribution is 5.95. The maximum atomic E-state index is 13.3. The summed E-state index contributed by atoms with van der Waals surface area (Å²) in [5, 5.41) is 7.65. The molecule has 12 heteroatoms. The molecular formula is C27H30F3N5O4. The van der Waals surface area contributed by atoms with Crippen molar-refractivity contribution in [3.63, 3.8) is 0 Å². The highest BCUT2D eigenvalue weighted by Gasteiger charge is 2.44. The number of aromatic nitrogens is 1. The Morgan fingerprint density at radius 2 is 1.49 bits per heavy atom. The number of ketones is 1. The van der Waals surface area contributed by atoms with Gasteiger partial charge in [-0.3, -0.25) is 19.2 Å². The molecule has 0 aliphatic rings. The van der Waals surface area contributed by atoms with Crippen LogP contribution in [0.5, 0.6) is 0 Å². The molecule has 0 fully saturated rings. The van der Waals surface area contributed by atoms with Crippen molar-refractivity contribution in [2.75, 3.05) is 6.54 Å². The van der Waals surface area contributed by atoms with Crippen LogP contribution in [0, 0.1) is 0 Å². The molecule has 9 nitrogen and oxygen atoms in total. The van der Waals surface area contributed by atoms with Crippen molar-refractivity contribution in [3.8, 4) is 0 Å². The summed E-state index contributed by atoms with van der Waals surface area (Å²) in [7, 11) is 0. The van der Waals surface area contributed by atoms with Crippen LogP contribution in [0.4, 0.5) is 13.2 Å². The van der Waals surface area contributed by atoms with E-state index in [1.165, 1.54) is 6.20 Å². The number of para-hydroxylation sites is 1. The number of nitrogens with one attached hydrogen (secondary N) is 4. The van der Waals surface area contributed by atoms with Gasteiger partial charge in [-0.2, -0.15) is 13.2 Å². The summed E-state index contributed by atoms with van der Waals surface area (Å²) in [5.41, 5.74) is 8.33. The fraction of sp³-hybridized carbons (Fsp3) is 0.333. The fourth-order valence-electron chi connectivity index (χ4n) is 4.14. The maximum Gasteiger partial charge on any atom is 0.452 e. The third-order valence-corrected chi connectivity index (χ3v) is 6.19. The van der Waals surface area contributed by atoms with Gasteiger partial charge in [0.2, 0.25) is 17.7 Å². The standard InChI is InChI=1S/C27H30F3N5O4/c1-2-23(36)35-22(11-16-7-3-4-8-17(16)13-31)26(39)33-15-24(37)34-21(25(38)27(28,29)30)12-18-14-32-20-10-6-5-9-19(18)20/h3-10,14,21-22,32H,2,11-13,15,31H2,1H3,(H,33,39)(H,34,37)(H,35,36). The van der Waals surface area contributed by atoms with E-state index in [-0.39, 0.29) is 19.4 Å². The predicted molar refractivity (Wildman–Crippen MR) is 138 cm³/mol. The number of hydrogen-bond acceptors (Lipinski definition) is 5. The SMILES string of the molecule is CCC(=O)NC(Cc1ccccc1CN)C(=O)NCC(=O)NC(Cc1c[nH]c2ccccc12)C(=O)C(F)(F)F. The lowest BCUT2D eigenvalue weighted by Gasteiger charge is -2.21. The van der Waals surface area contributed by atoms with E-state index in [9.17, 15) is 32.3 Å². The molecule has 208 valence electrons. The summed E-state index contributed by atoms with van der Waals surface area (Å²) in [6.45, 7) is 1.11. The number of benzene rings is 2. The fourth-order valence-corrected chi connectivity index (χ4v) is 4.14. The number of carbonyl (C=O) groups is 4. The van der Waals surface area contributed by atoms with Gasteiger partial charge in [0, 0.05) is 42.9 Å². The lowest BCUT2D eigenvalue weighted by Crippen LogP contribution is -2.53. The normalized spacial score (nSPS) is 12.9. The monoisotopic (exact) mass is 545 g/mol. The lowest BCUT2D eigenvalue weighted by molar-refractivity contribution is -0.173. The second-order valence-corrected chi connectivity index (χ2v) is 8.91. The van der Waals surface area contributed by atoms with Crippen molar-refractivity contribution >= 4 is 34.4 Å². The van der Waals surface area contributed by atoms with Crippen molar-refractivity contribution in [2.45, 2.75) is 51.0 Å². The highest BCUT2D eigenvalue weighted by Crippen LogP contribution is 2.23. The van der Waals surface area contributed by atoms with Crippen LogP contribution in [-0.4, -0.2) is 53.3 Å². The molecule has 3 amide bonds. The van der Waals surface area contributed by atoms with Crippen molar-refractivity contribution in [1.29, 1.82) is 0 Å². The molecule has 2 aromatic carbocycles. The summed E-state index contributed by atoms with van der Waals surface area (Å²) in [4.78, 5) is 52.6. The Balaban J connectivity index is 1.70. The number of H-pyrrole nitrogens is 1. The Labute approximate surface area is 222 Å². The van der Waals surface area contributed by atoms with Gasteiger partial charge in [0.05, 0.1) is 6.54 Å². The van der Waals surface area contributed by atoms with E-state index in [1.54, 1.807) is 55.5 Å². The molecule has 3 aromatic rings. The molecule has 2 atom stereocenters. The summed E-state index contributed by atoms with van der Waals surface area (Å²) in [5.74, 6) is -4.22. The molecule has 1 aromatic heterocycles. The van der Waals surface area contributed by atoms with Crippen molar-refractivity contribution in [2.24, 2.45) is 5.73 Å². The molecule has 1 heterocycles. The van der Waals surface area contributed by atoms with Crippen LogP contribution in [0.25, 0.3) is 10.9 Å². The van der Waals surface area contributed by atoms with E-state index in [1.807, 2.05) is 0 Å². The predicted octanol–water partition coefficient (Wildman–Crippen LogP) is 2.04. The van der Waals surface area contributed by atoms with Crippen molar-refractivity contribution < 1.29 is 32.3 Å². The first-order valence-corrected chi connectivity index (χ1v) is 12.3. The first-order valence-electron chi connectivity index (χ1n) is 12.3. The van der Waals surface area contributed by atoms with Crippen molar-refractivity contribution in [1.82, 2.24) is 20.9 Å². The van der Waals surface area contributed by atoms with Gasteiger partial charge in [0.15, 0.2) is 0 Å². The van der Waals surface area contributed by atoms with E-state index >= 15 is 0 Å². The van der Waals surface area contributed by atoms with E-state index in [2.05, 4.69) is 20.9 Å². The average Bonchev–Trinajstić information content (AvgIpc) is 3.32. The van der Waals surface area contributed by atoms with Gasteiger partial charge in [0.1, 0.15) is 12.1 Å². The zero-order chi connectivity index (χ0) is 28.6. The van der Waals surface area contributed by atoms with E-state index in [0.29, 0.717) is 16.5 Å². The summed E-state index contributed by atoms with van der Waals surface area (Å²) >= 11 is 0. The lowest BCUT2D eigenvalue weighted by atomic mass is 9.99. The molecule has 0 aliphatic carbocycles. The average molecular weight is 546 g/mol. The molecule has 39 heavy (non-hydrogen) atoms. The Bertz CT molecular complexity index is 1340. The molecule has 0 aliphatic heterocycles. The Hall–Kier alpha value is -4.19. The molecule has 0 radical (unpaired) electrons. The largest absolute Gasteiger partial charge is 0.452 e. The smallest absolute Gasteiger partial charge is 0.361 e. The molecule has 6 N–H and O–H groups in total. The quantitative estimate of drug-likeness (QED) is 0.236. The third kappa shape index (κ3) is 7.90. The van der Waals surface area contributed by atoms with E-state index in [0.717, 1.165) is 11.1 Å². The van der Waals surface area contributed by atoms with Crippen LogP contribution in [-0.2, 0) is 38.6 Å². The van der Waals surface area contributed by atoms with Gasteiger partial charge in [-0.25, -0.2) is 0 Å². The Kier molecular flexibility index (Phi) is 9.83. The number of hydrogen-bond donors (Lipinski definition) is 5. The minimum atomic E-state index is -5.18. The number of rotatable bonds is 12. The summed E-state index contributed by atoms with van der Waals surface area (Å²) < 4.78 is 39.9. The second-order valence-electron chi connectivity index (χ2n) is 8.91. The van der Waals surface area contributed by atoms with E-state index < -0.39 is 54.7 Å². The van der Waals surface area contributed by atoms with Crippen LogP contribution in [0.2, 0.25) is 0 Å². The van der Waals surface area contributed by atoms with Gasteiger partial charge in [-0.05, 0) is 22.8 Å². The van der Waals surface area contributed by atoms with Gasteiger partial charge >= 0.3 is 6.18 Å². The van der Waals surface area contributed by atoms with Crippen LogP contribution in [0.15, 0.2) is 54.7 Å². The zero-order valence-corrected chi connectivity index (χ0v) is 21.2.